The Kier molecular flexibility index (Phi) is 4.31. The van der Waals surface area contributed by atoms with Crippen molar-refractivity contribution in [1.82, 2.24) is 4.90 Å². The van der Waals surface area contributed by atoms with Crippen molar-refractivity contribution in [2.24, 2.45) is 0 Å². The lowest BCUT2D eigenvalue weighted by molar-refractivity contribution is 0.0768. The lowest BCUT2D eigenvalue weighted by Crippen LogP contribution is -2.34. The largest absolute Gasteiger partial charge is 0.497 e. The van der Waals surface area contributed by atoms with Crippen molar-refractivity contribution >= 4 is 16.9 Å². The van der Waals surface area contributed by atoms with Gasteiger partial charge in [-0.05, 0) is 39.0 Å². The zero-order valence-electron chi connectivity index (χ0n) is 12.7. The van der Waals surface area contributed by atoms with Crippen molar-refractivity contribution in [3.8, 4) is 5.75 Å². The molecular weight excluding hydrogens is 270 g/mol. The maximum Gasteiger partial charge on any atom is 0.261 e. The van der Waals surface area contributed by atoms with Crippen LogP contribution in [0.2, 0.25) is 0 Å². The first-order valence-corrected chi connectivity index (χ1v) is 6.94. The number of methoxy groups -OCH3 is 1. The fourth-order valence-corrected chi connectivity index (χ4v) is 2.33. The summed E-state index contributed by atoms with van der Waals surface area (Å²) in [5.74, 6) is 0.602. The predicted molar refractivity (Wildman–Crippen MR) is 81.0 cm³/mol. The third kappa shape index (κ3) is 2.63. The number of nitrogens with zero attached hydrogens (tertiary/aromatic N) is 1. The maximum absolute atomic E-state index is 12.6. The summed E-state index contributed by atoms with van der Waals surface area (Å²) in [6, 6.07) is 4.99. The third-order valence-corrected chi connectivity index (χ3v) is 3.54. The molecule has 0 aliphatic rings. The van der Waals surface area contributed by atoms with Crippen LogP contribution in [-0.4, -0.2) is 31.0 Å². The predicted octanol–water partition coefficient (Wildman–Crippen LogP) is 2.59. The molecule has 0 aliphatic heterocycles. The van der Waals surface area contributed by atoms with Gasteiger partial charge < -0.3 is 14.1 Å². The Balaban J connectivity index is 2.69. The molecule has 0 radical (unpaired) electrons. The van der Waals surface area contributed by atoms with E-state index in [0.29, 0.717) is 35.6 Å². The first-order chi connectivity index (χ1) is 10.0. The Labute approximate surface area is 123 Å². The highest BCUT2D eigenvalue weighted by atomic mass is 16.5. The van der Waals surface area contributed by atoms with Crippen molar-refractivity contribution in [2.45, 2.75) is 20.8 Å². The third-order valence-electron chi connectivity index (χ3n) is 3.54. The van der Waals surface area contributed by atoms with Crippen molar-refractivity contribution in [3.05, 3.63) is 39.7 Å². The molecule has 2 rings (SSSR count). The first-order valence-electron chi connectivity index (χ1n) is 6.94. The molecule has 21 heavy (non-hydrogen) atoms. The summed E-state index contributed by atoms with van der Waals surface area (Å²) in [7, 11) is 1.53. The van der Waals surface area contributed by atoms with Gasteiger partial charge in [0.1, 0.15) is 22.7 Å². The first kappa shape index (κ1) is 15.1. The Bertz CT molecular complexity index is 729. The van der Waals surface area contributed by atoms with Gasteiger partial charge in [-0.15, -0.1) is 0 Å². The molecule has 0 unspecified atom stereocenters. The van der Waals surface area contributed by atoms with Crippen LogP contribution in [0.25, 0.3) is 11.0 Å². The molecule has 0 spiro atoms. The topological polar surface area (TPSA) is 59.8 Å². The van der Waals surface area contributed by atoms with E-state index in [1.807, 2.05) is 13.8 Å². The van der Waals surface area contributed by atoms with Crippen LogP contribution in [0.3, 0.4) is 0 Å². The number of hydrogen-bond acceptors (Lipinski definition) is 4. The number of amides is 1. The Morgan fingerprint density at radius 1 is 1.29 bits per heavy atom. The molecule has 0 atom stereocenters. The van der Waals surface area contributed by atoms with E-state index in [0.717, 1.165) is 0 Å². The fraction of sp³-hybridized carbons (Fsp3) is 0.375. The van der Waals surface area contributed by atoms with Gasteiger partial charge in [0.25, 0.3) is 5.91 Å². The minimum atomic E-state index is -0.315. The van der Waals surface area contributed by atoms with Crippen LogP contribution in [0.15, 0.2) is 27.4 Å². The summed E-state index contributed by atoms with van der Waals surface area (Å²) < 4.78 is 10.8. The lowest BCUT2D eigenvalue weighted by Gasteiger charge is -2.19. The minimum Gasteiger partial charge on any atom is -0.497 e. The Morgan fingerprint density at radius 2 is 1.95 bits per heavy atom. The highest BCUT2D eigenvalue weighted by molar-refractivity contribution is 5.98. The molecule has 5 nitrogen and oxygen atoms in total. The van der Waals surface area contributed by atoms with Crippen LogP contribution < -0.4 is 10.2 Å². The molecule has 1 amide bonds. The van der Waals surface area contributed by atoms with Gasteiger partial charge >= 0.3 is 0 Å². The normalized spacial score (nSPS) is 10.7. The van der Waals surface area contributed by atoms with E-state index in [1.54, 1.807) is 30.0 Å². The maximum atomic E-state index is 12.6. The second-order valence-electron chi connectivity index (χ2n) is 4.70. The number of fused-ring (bicyclic) bond motifs is 1. The van der Waals surface area contributed by atoms with Crippen LogP contribution in [0.4, 0.5) is 0 Å². The highest BCUT2D eigenvalue weighted by Gasteiger charge is 2.22. The molecule has 0 N–H and O–H groups in total. The molecule has 0 fully saturated rings. The van der Waals surface area contributed by atoms with Crippen molar-refractivity contribution in [3.63, 3.8) is 0 Å². The van der Waals surface area contributed by atoms with Crippen molar-refractivity contribution in [1.29, 1.82) is 0 Å². The number of aryl methyl sites for hydroxylation is 1. The van der Waals surface area contributed by atoms with E-state index in [4.69, 9.17) is 9.15 Å². The number of carbonyl (C=O) groups is 1. The molecule has 0 saturated heterocycles. The van der Waals surface area contributed by atoms with Gasteiger partial charge in [-0.3, -0.25) is 9.59 Å². The van der Waals surface area contributed by atoms with E-state index in [2.05, 4.69) is 0 Å². The number of rotatable bonds is 4. The molecule has 112 valence electrons. The smallest absolute Gasteiger partial charge is 0.261 e. The van der Waals surface area contributed by atoms with Gasteiger partial charge in [0.2, 0.25) is 5.43 Å². The number of carbonyl (C=O) groups excluding carboxylic acids is 1. The lowest BCUT2D eigenvalue weighted by atomic mass is 10.1. The molecular formula is C16H19NO4. The highest BCUT2D eigenvalue weighted by Crippen LogP contribution is 2.21. The second-order valence-corrected chi connectivity index (χ2v) is 4.70. The fourth-order valence-electron chi connectivity index (χ4n) is 2.33. The molecule has 1 aromatic carbocycles. The molecule has 5 heteroatoms. The van der Waals surface area contributed by atoms with E-state index in [9.17, 15) is 9.59 Å². The van der Waals surface area contributed by atoms with Crippen LogP contribution >= 0.6 is 0 Å². The van der Waals surface area contributed by atoms with Gasteiger partial charge in [-0.1, -0.05) is 0 Å². The van der Waals surface area contributed by atoms with Gasteiger partial charge in [-0.2, -0.15) is 0 Å². The monoisotopic (exact) mass is 289 g/mol. The van der Waals surface area contributed by atoms with E-state index < -0.39 is 0 Å². The van der Waals surface area contributed by atoms with E-state index >= 15 is 0 Å². The number of ether oxygens (including phenoxy) is 1. The average Bonchev–Trinajstić information content (AvgIpc) is 2.48. The minimum absolute atomic E-state index is 0.0967. The average molecular weight is 289 g/mol. The van der Waals surface area contributed by atoms with E-state index in [-0.39, 0.29) is 16.9 Å². The number of hydrogen-bond donors (Lipinski definition) is 0. The summed E-state index contributed by atoms with van der Waals surface area (Å²) in [5.41, 5.74) is 0.235. The van der Waals surface area contributed by atoms with Gasteiger partial charge in [0.15, 0.2) is 0 Å². The van der Waals surface area contributed by atoms with Crippen molar-refractivity contribution < 1.29 is 13.9 Å². The zero-order chi connectivity index (χ0) is 15.6. The molecule has 2 aromatic rings. The molecule has 1 aromatic heterocycles. The van der Waals surface area contributed by atoms with E-state index in [1.165, 1.54) is 7.11 Å². The quantitative estimate of drug-likeness (QED) is 0.868. The van der Waals surface area contributed by atoms with Gasteiger partial charge in [-0.25, -0.2) is 0 Å². The summed E-state index contributed by atoms with van der Waals surface area (Å²) in [5, 5.41) is 0.357. The van der Waals surface area contributed by atoms with Gasteiger partial charge in [0, 0.05) is 13.1 Å². The summed E-state index contributed by atoms with van der Waals surface area (Å²) in [4.78, 5) is 26.7. The molecule has 1 heterocycles. The molecule has 0 aliphatic carbocycles. The summed E-state index contributed by atoms with van der Waals surface area (Å²) >= 11 is 0. The van der Waals surface area contributed by atoms with Crippen LogP contribution in [0.5, 0.6) is 5.75 Å². The zero-order valence-corrected chi connectivity index (χ0v) is 12.7. The Hall–Kier alpha value is -2.30. The SMILES string of the molecule is CCN(CC)C(=O)c1c(C)oc2ccc(OC)cc2c1=O. The summed E-state index contributed by atoms with van der Waals surface area (Å²) in [6.45, 7) is 6.49. The van der Waals surface area contributed by atoms with Crippen LogP contribution in [0.1, 0.15) is 30.0 Å². The van der Waals surface area contributed by atoms with Gasteiger partial charge in [0.05, 0.1) is 12.5 Å². The number of benzene rings is 1. The molecule has 0 bridgehead atoms. The van der Waals surface area contributed by atoms with Crippen molar-refractivity contribution in [2.75, 3.05) is 20.2 Å². The molecule has 0 saturated carbocycles. The standard InChI is InChI=1S/C16H19NO4/c1-5-17(6-2)16(19)14-10(3)21-13-8-7-11(20-4)9-12(13)15(14)18/h7-9H,5-6H2,1-4H3. The Morgan fingerprint density at radius 3 is 2.52 bits per heavy atom. The summed E-state index contributed by atoms with van der Waals surface area (Å²) in [6.07, 6.45) is 0. The second kappa shape index (κ2) is 5.99. The van der Waals surface area contributed by atoms with Crippen LogP contribution in [-0.2, 0) is 0 Å². The van der Waals surface area contributed by atoms with Crippen LogP contribution in [0, 0.1) is 6.92 Å².